The molecule has 8 heteroatoms. The van der Waals surface area contributed by atoms with E-state index in [1.165, 1.54) is 33.5 Å². The van der Waals surface area contributed by atoms with Gasteiger partial charge in [-0.15, -0.1) is 0 Å². The third-order valence-electron chi connectivity index (χ3n) is 4.65. The Morgan fingerprint density at radius 1 is 0.966 bits per heavy atom. The standard InChI is InChI=1S/C21H17F3O5/c1-27-16-10-15-13(19(28-2)20(16)29-3)8-9-14(18(15)26)17(25)11-4-6-12(7-5-11)21(22,23)24/h4-7,9-10H,8H2,1-3H3. The fraction of sp³-hybridized carbons (Fsp3) is 0.238. The second kappa shape index (κ2) is 7.62. The maximum atomic E-state index is 13.0. The zero-order valence-corrected chi connectivity index (χ0v) is 15.8. The van der Waals surface area contributed by atoms with E-state index in [1.54, 1.807) is 0 Å². The van der Waals surface area contributed by atoms with Gasteiger partial charge in [0.1, 0.15) is 0 Å². The smallest absolute Gasteiger partial charge is 0.416 e. The van der Waals surface area contributed by atoms with Crippen molar-refractivity contribution in [3.63, 3.8) is 0 Å². The molecule has 1 aliphatic rings. The highest BCUT2D eigenvalue weighted by Crippen LogP contribution is 2.44. The van der Waals surface area contributed by atoms with Gasteiger partial charge in [-0.1, -0.05) is 18.2 Å². The number of allylic oxidation sites excluding steroid dienone is 2. The summed E-state index contributed by atoms with van der Waals surface area (Å²) in [5, 5.41) is 0. The van der Waals surface area contributed by atoms with Crippen molar-refractivity contribution in [2.75, 3.05) is 21.3 Å². The molecule has 0 amide bonds. The van der Waals surface area contributed by atoms with E-state index < -0.39 is 23.3 Å². The first kappa shape index (κ1) is 20.4. The van der Waals surface area contributed by atoms with Crippen molar-refractivity contribution in [1.82, 2.24) is 0 Å². The number of halogens is 3. The van der Waals surface area contributed by atoms with Crippen LogP contribution in [0.25, 0.3) is 0 Å². The van der Waals surface area contributed by atoms with Crippen LogP contribution < -0.4 is 14.2 Å². The third-order valence-corrected chi connectivity index (χ3v) is 4.65. The fourth-order valence-electron chi connectivity index (χ4n) is 3.22. The Balaban J connectivity index is 2.00. The van der Waals surface area contributed by atoms with E-state index in [-0.39, 0.29) is 28.9 Å². The Bertz CT molecular complexity index is 1000. The molecule has 2 aromatic carbocycles. The molecule has 0 saturated carbocycles. The van der Waals surface area contributed by atoms with Gasteiger partial charge in [-0.25, -0.2) is 0 Å². The minimum Gasteiger partial charge on any atom is -0.493 e. The van der Waals surface area contributed by atoms with Gasteiger partial charge >= 0.3 is 6.18 Å². The summed E-state index contributed by atoms with van der Waals surface area (Å²) in [6, 6.07) is 5.21. The Morgan fingerprint density at radius 3 is 2.10 bits per heavy atom. The van der Waals surface area contributed by atoms with Crippen molar-refractivity contribution in [2.45, 2.75) is 12.6 Å². The normalized spacial score (nSPS) is 13.4. The molecule has 3 rings (SSSR count). The molecule has 0 fully saturated rings. The first-order valence-electron chi connectivity index (χ1n) is 8.51. The molecular weight excluding hydrogens is 389 g/mol. The molecule has 1 aliphatic carbocycles. The second-order valence-corrected chi connectivity index (χ2v) is 6.23. The maximum absolute atomic E-state index is 13.0. The molecule has 0 spiro atoms. The lowest BCUT2D eigenvalue weighted by Crippen LogP contribution is -2.20. The number of fused-ring (bicyclic) bond motifs is 1. The van der Waals surface area contributed by atoms with Gasteiger partial charge < -0.3 is 14.2 Å². The number of methoxy groups -OCH3 is 3. The summed E-state index contributed by atoms with van der Waals surface area (Å²) < 4.78 is 54.1. The highest BCUT2D eigenvalue weighted by atomic mass is 19.4. The first-order valence-corrected chi connectivity index (χ1v) is 8.51. The zero-order chi connectivity index (χ0) is 21.3. The van der Waals surface area contributed by atoms with Gasteiger partial charge in [0.2, 0.25) is 5.75 Å². The number of carbonyl (C=O) groups is 2. The van der Waals surface area contributed by atoms with Crippen LogP contribution in [-0.2, 0) is 12.6 Å². The summed E-state index contributed by atoms with van der Waals surface area (Å²) in [5.41, 5.74) is -0.235. The van der Waals surface area contributed by atoms with Crippen molar-refractivity contribution in [3.05, 3.63) is 64.2 Å². The van der Waals surface area contributed by atoms with Crippen molar-refractivity contribution in [3.8, 4) is 17.2 Å². The molecule has 0 saturated heterocycles. The number of hydrogen-bond donors (Lipinski definition) is 0. The molecule has 2 aromatic rings. The van der Waals surface area contributed by atoms with E-state index in [1.807, 2.05) is 0 Å². The van der Waals surface area contributed by atoms with E-state index in [4.69, 9.17) is 14.2 Å². The molecule has 0 bridgehead atoms. The fourth-order valence-corrected chi connectivity index (χ4v) is 3.22. The van der Waals surface area contributed by atoms with E-state index in [2.05, 4.69) is 0 Å². The van der Waals surface area contributed by atoms with Crippen LogP contribution in [-0.4, -0.2) is 32.9 Å². The topological polar surface area (TPSA) is 61.8 Å². The number of ether oxygens (including phenoxy) is 3. The van der Waals surface area contributed by atoms with Gasteiger partial charge in [0, 0.05) is 16.7 Å². The minimum atomic E-state index is -4.51. The Kier molecular flexibility index (Phi) is 5.37. The Hall–Kier alpha value is -3.29. The predicted molar refractivity (Wildman–Crippen MR) is 98.0 cm³/mol. The molecule has 0 N–H and O–H groups in total. The van der Waals surface area contributed by atoms with Crippen LogP contribution in [0, 0.1) is 0 Å². The highest BCUT2D eigenvalue weighted by Gasteiger charge is 2.33. The first-order chi connectivity index (χ1) is 13.7. The summed E-state index contributed by atoms with van der Waals surface area (Å²) in [5.74, 6) is -0.293. The number of Topliss-reactive ketones (excluding diaryl/α,β-unsaturated/α-hetero) is 2. The van der Waals surface area contributed by atoms with Crippen LogP contribution in [0.3, 0.4) is 0 Å². The molecule has 0 heterocycles. The van der Waals surface area contributed by atoms with E-state index in [9.17, 15) is 22.8 Å². The predicted octanol–water partition coefficient (Wildman–Crippen LogP) is 4.28. The molecule has 0 aromatic heterocycles. The van der Waals surface area contributed by atoms with Gasteiger partial charge in [0.05, 0.1) is 32.5 Å². The zero-order valence-electron chi connectivity index (χ0n) is 15.8. The third kappa shape index (κ3) is 3.57. The average molecular weight is 406 g/mol. The maximum Gasteiger partial charge on any atom is 0.416 e. The van der Waals surface area contributed by atoms with Crippen LogP contribution >= 0.6 is 0 Å². The summed E-state index contributed by atoms with van der Waals surface area (Å²) in [4.78, 5) is 25.7. The number of alkyl halides is 3. The average Bonchev–Trinajstić information content (AvgIpc) is 2.71. The highest BCUT2D eigenvalue weighted by molar-refractivity contribution is 6.32. The van der Waals surface area contributed by atoms with Crippen LogP contribution in [0.5, 0.6) is 17.2 Å². The molecule has 0 aliphatic heterocycles. The molecule has 0 atom stereocenters. The van der Waals surface area contributed by atoms with E-state index in [0.717, 1.165) is 24.3 Å². The molecular formula is C21H17F3O5. The van der Waals surface area contributed by atoms with Gasteiger partial charge in [0.15, 0.2) is 23.1 Å². The molecule has 0 unspecified atom stereocenters. The van der Waals surface area contributed by atoms with Crippen molar-refractivity contribution >= 4 is 11.6 Å². The van der Waals surface area contributed by atoms with Gasteiger partial charge in [-0.2, -0.15) is 13.2 Å². The lowest BCUT2D eigenvalue weighted by atomic mass is 9.85. The van der Waals surface area contributed by atoms with Crippen LogP contribution in [0.2, 0.25) is 0 Å². The summed E-state index contributed by atoms with van der Waals surface area (Å²) in [6.07, 6.45) is -2.85. The quantitative estimate of drug-likeness (QED) is 0.548. The number of hydrogen-bond acceptors (Lipinski definition) is 5. The van der Waals surface area contributed by atoms with E-state index in [0.29, 0.717) is 17.1 Å². The van der Waals surface area contributed by atoms with Gasteiger partial charge in [-0.3, -0.25) is 9.59 Å². The van der Waals surface area contributed by atoms with Gasteiger partial charge in [-0.05, 0) is 24.6 Å². The van der Waals surface area contributed by atoms with Crippen LogP contribution in [0.15, 0.2) is 42.0 Å². The molecule has 29 heavy (non-hydrogen) atoms. The Morgan fingerprint density at radius 2 is 1.59 bits per heavy atom. The number of carbonyl (C=O) groups excluding carboxylic acids is 2. The summed E-state index contributed by atoms with van der Waals surface area (Å²) >= 11 is 0. The van der Waals surface area contributed by atoms with Crippen molar-refractivity contribution in [1.29, 1.82) is 0 Å². The lowest BCUT2D eigenvalue weighted by molar-refractivity contribution is -0.137. The Labute approximate surface area is 164 Å². The monoisotopic (exact) mass is 406 g/mol. The number of benzene rings is 2. The summed E-state index contributed by atoms with van der Waals surface area (Å²) in [7, 11) is 4.27. The molecule has 152 valence electrons. The van der Waals surface area contributed by atoms with Crippen molar-refractivity contribution < 1.29 is 37.0 Å². The summed E-state index contributed by atoms with van der Waals surface area (Å²) in [6.45, 7) is 0. The number of ketones is 2. The van der Waals surface area contributed by atoms with Crippen LogP contribution in [0.1, 0.15) is 31.8 Å². The minimum absolute atomic E-state index is 0.00603. The lowest BCUT2D eigenvalue weighted by Gasteiger charge is -2.21. The van der Waals surface area contributed by atoms with Gasteiger partial charge in [0.25, 0.3) is 0 Å². The number of rotatable bonds is 5. The van der Waals surface area contributed by atoms with Crippen LogP contribution in [0.4, 0.5) is 13.2 Å². The SMILES string of the molecule is COc1cc2c(c(OC)c1OC)CC=C(C(=O)c1ccc(C(F)(F)F)cc1)C2=O. The second-order valence-electron chi connectivity index (χ2n) is 6.23. The molecule has 5 nitrogen and oxygen atoms in total. The van der Waals surface area contributed by atoms with E-state index >= 15 is 0 Å². The largest absolute Gasteiger partial charge is 0.493 e. The molecule has 0 radical (unpaired) electrons. The van der Waals surface area contributed by atoms with Crippen molar-refractivity contribution in [2.24, 2.45) is 0 Å².